The first-order valence-electron chi connectivity index (χ1n) is 7.05. The number of aromatic nitrogens is 2. The van der Waals surface area contributed by atoms with Gasteiger partial charge in [-0.2, -0.15) is 0 Å². The summed E-state index contributed by atoms with van der Waals surface area (Å²) in [4.78, 5) is 11.8. The predicted molar refractivity (Wildman–Crippen MR) is 77.3 cm³/mol. The molecule has 0 saturated carbocycles. The van der Waals surface area contributed by atoms with Gasteiger partial charge in [0.2, 0.25) is 11.8 Å². The van der Waals surface area contributed by atoms with Crippen molar-refractivity contribution in [1.29, 1.82) is 0 Å². The van der Waals surface area contributed by atoms with E-state index in [1.54, 1.807) is 6.92 Å². The quantitative estimate of drug-likeness (QED) is 0.666. The normalized spacial score (nSPS) is 14.1. The molecule has 0 aromatic carbocycles. The summed E-state index contributed by atoms with van der Waals surface area (Å²) in [6.07, 6.45) is 0. The van der Waals surface area contributed by atoms with E-state index >= 15 is 0 Å². The maximum Gasteiger partial charge on any atom is 0.316 e. The van der Waals surface area contributed by atoms with E-state index in [4.69, 9.17) is 4.42 Å². The molecule has 1 aromatic rings. The second kappa shape index (κ2) is 7.84. The van der Waals surface area contributed by atoms with Crippen molar-refractivity contribution in [2.75, 3.05) is 18.4 Å². The Morgan fingerprint density at radius 2 is 1.95 bits per heavy atom. The summed E-state index contributed by atoms with van der Waals surface area (Å²) in [7, 11) is 0. The molecule has 0 aliphatic heterocycles. The lowest BCUT2D eigenvalue weighted by Gasteiger charge is -2.13. The summed E-state index contributed by atoms with van der Waals surface area (Å²) < 4.78 is 5.47. The van der Waals surface area contributed by atoms with Crippen LogP contribution in [-0.4, -0.2) is 35.2 Å². The van der Waals surface area contributed by atoms with Crippen molar-refractivity contribution in [3.05, 3.63) is 5.89 Å². The molecular weight excluding hydrogens is 258 g/mol. The fourth-order valence-corrected chi connectivity index (χ4v) is 1.57. The van der Waals surface area contributed by atoms with E-state index in [2.05, 4.69) is 26.1 Å². The standard InChI is InChI=1S/C13H25N5O2/c1-6-14-10(5)12-17-18-13(20-12)16-9(4)11(19)15-7-8(2)3/h8-10,14H,6-7H2,1-5H3,(H,15,19)(H,16,18). The van der Waals surface area contributed by atoms with E-state index in [1.807, 2.05) is 27.7 Å². The van der Waals surface area contributed by atoms with Gasteiger partial charge in [0.25, 0.3) is 0 Å². The van der Waals surface area contributed by atoms with Gasteiger partial charge in [-0.15, -0.1) is 5.10 Å². The van der Waals surface area contributed by atoms with Gasteiger partial charge in [0.15, 0.2) is 0 Å². The van der Waals surface area contributed by atoms with E-state index in [0.717, 1.165) is 6.54 Å². The van der Waals surface area contributed by atoms with Crippen LogP contribution in [0, 0.1) is 5.92 Å². The van der Waals surface area contributed by atoms with Crippen molar-refractivity contribution >= 4 is 11.9 Å². The molecule has 0 saturated heterocycles. The zero-order chi connectivity index (χ0) is 15.1. The van der Waals surface area contributed by atoms with Gasteiger partial charge in [-0.05, 0) is 26.3 Å². The highest BCUT2D eigenvalue weighted by Crippen LogP contribution is 2.13. The van der Waals surface area contributed by atoms with Gasteiger partial charge in [-0.25, -0.2) is 0 Å². The van der Waals surface area contributed by atoms with Gasteiger partial charge in [0.1, 0.15) is 6.04 Å². The third kappa shape index (κ3) is 5.16. The number of nitrogens with one attached hydrogen (secondary N) is 3. The number of hydrogen-bond acceptors (Lipinski definition) is 6. The van der Waals surface area contributed by atoms with Crippen LogP contribution in [-0.2, 0) is 4.79 Å². The molecule has 0 radical (unpaired) electrons. The Morgan fingerprint density at radius 1 is 1.25 bits per heavy atom. The molecule has 1 rings (SSSR count). The van der Waals surface area contributed by atoms with E-state index in [1.165, 1.54) is 0 Å². The van der Waals surface area contributed by atoms with Gasteiger partial charge in [0.05, 0.1) is 6.04 Å². The predicted octanol–water partition coefficient (Wildman–Crippen LogP) is 1.31. The summed E-state index contributed by atoms with van der Waals surface area (Å²) >= 11 is 0. The molecule has 3 N–H and O–H groups in total. The lowest BCUT2D eigenvalue weighted by Crippen LogP contribution is -2.39. The van der Waals surface area contributed by atoms with E-state index < -0.39 is 6.04 Å². The number of anilines is 1. The molecule has 0 aliphatic rings. The Kier molecular flexibility index (Phi) is 6.44. The number of amides is 1. The van der Waals surface area contributed by atoms with E-state index in [9.17, 15) is 4.79 Å². The molecule has 0 bridgehead atoms. The minimum absolute atomic E-state index is 0.00637. The average molecular weight is 283 g/mol. The molecule has 1 heterocycles. The third-order valence-corrected chi connectivity index (χ3v) is 2.74. The van der Waals surface area contributed by atoms with Gasteiger partial charge >= 0.3 is 6.01 Å². The molecule has 2 atom stereocenters. The summed E-state index contributed by atoms with van der Waals surface area (Å²) in [5.74, 6) is 0.837. The van der Waals surface area contributed by atoms with Gasteiger partial charge in [-0.3, -0.25) is 4.79 Å². The first-order chi connectivity index (χ1) is 9.43. The Morgan fingerprint density at radius 3 is 2.55 bits per heavy atom. The van der Waals surface area contributed by atoms with Gasteiger partial charge in [-0.1, -0.05) is 25.9 Å². The SMILES string of the molecule is CCNC(C)c1nnc(NC(C)C(=O)NCC(C)C)o1. The topological polar surface area (TPSA) is 92.1 Å². The van der Waals surface area contributed by atoms with Crippen LogP contribution in [0.4, 0.5) is 6.01 Å². The minimum atomic E-state index is -0.420. The van der Waals surface area contributed by atoms with Crippen molar-refractivity contribution in [3.8, 4) is 0 Å². The highest BCUT2D eigenvalue weighted by atomic mass is 16.4. The van der Waals surface area contributed by atoms with E-state index in [-0.39, 0.29) is 18.0 Å². The zero-order valence-corrected chi connectivity index (χ0v) is 12.9. The Labute approximate surface area is 119 Å². The van der Waals surface area contributed by atoms with Gasteiger partial charge < -0.3 is 20.4 Å². The van der Waals surface area contributed by atoms with Crippen LogP contribution < -0.4 is 16.0 Å². The zero-order valence-electron chi connectivity index (χ0n) is 12.9. The molecule has 20 heavy (non-hydrogen) atoms. The largest absolute Gasteiger partial charge is 0.406 e. The van der Waals surface area contributed by atoms with Gasteiger partial charge in [0, 0.05) is 6.54 Å². The Balaban J connectivity index is 2.49. The molecular formula is C13H25N5O2. The molecule has 0 aliphatic carbocycles. The Hall–Kier alpha value is -1.63. The summed E-state index contributed by atoms with van der Waals surface area (Å²) in [5.41, 5.74) is 0. The maximum atomic E-state index is 11.8. The molecule has 2 unspecified atom stereocenters. The molecule has 1 aromatic heterocycles. The van der Waals surface area contributed by atoms with Crippen molar-refractivity contribution in [2.45, 2.75) is 46.7 Å². The summed E-state index contributed by atoms with van der Waals surface area (Å²) in [5, 5.41) is 16.8. The van der Waals surface area contributed by atoms with Crippen molar-refractivity contribution in [1.82, 2.24) is 20.8 Å². The number of nitrogens with zero attached hydrogens (tertiary/aromatic N) is 2. The van der Waals surface area contributed by atoms with Crippen LogP contribution in [0.3, 0.4) is 0 Å². The van der Waals surface area contributed by atoms with Crippen LogP contribution in [0.1, 0.15) is 46.6 Å². The van der Waals surface area contributed by atoms with Crippen LogP contribution in [0.5, 0.6) is 0 Å². The minimum Gasteiger partial charge on any atom is -0.406 e. The van der Waals surface area contributed by atoms with E-state index in [0.29, 0.717) is 18.4 Å². The second-order valence-corrected chi connectivity index (χ2v) is 5.23. The molecule has 7 nitrogen and oxygen atoms in total. The average Bonchev–Trinajstić information content (AvgIpc) is 2.84. The smallest absolute Gasteiger partial charge is 0.316 e. The van der Waals surface area contributed by atoms with Crippen LogP contribution in [0.2, 0.25) is 0 Å². The number of rotatable bonds is 8. The molecule has 0 fully saturated rings. The highest BCUT2D eigenvalue weighted by molar-refractivity contribution is 5.83. The molecule has 0 spiro atoms. The Bertz CT molecular complexity index is 419. The number of hydrogen-bond donors (Lipinski definition) is 3. The van der Waals surface area contributed by atoms with Crippen LogP contribution in [0.25, 0.3) is 0 Å². The number of carbonyl (C=O) groups excluding carboxylic acids is 1. The lowest BCUT2D eigenvalue weighted by atomic mass is 10.2. The molecule has 1 amide bonds. The molecule has 114 valence electrons. The number of carbonyl (C=O) groups is 1. The first-order valence-corrected chi connectivity index (χ1v) is 7.05. The summed E-state index contributed by atoms with van der Waals surface area (Å²) in [6, 6.07) is -0.165. The maximum absolute atomic E-state index is 11.8. The lowest BCUT2D eigenvalue weighted by molar-refractivity contribution is -0.121. The fraction of sp³-hybridized carbons (Fsp3) is 0.769. The summed E-state index contributed by atoms with van der Waals surface area (Å²) in [6.45, 7) is 11.3. The first kappa shape index (κ1) is 16.4. The fourth-order valence-electron chi connectivity index (χ4n) is 1.57. The van der Waals surface area contributed by atoms with Crippen molar-refractivity contribution < 1.29 is 9.21 Å². The van der Waals surface area contributed by atoms with Crippen LogP contribution in [0.15, 0.2) is 4.42 Å². The molecule has 7 heteroatoms. The second-order valence-electron chi connectivity index (χ2n) is 5.23. The third-order valence-electron chi connectivity index (χ3n) is 2.74. The monoisotopic (exact) mass is 283 g/mol. The van der Waals surface area contributed by atoms with Crippen molar-refractivity contribution in [2.24, 2.45) is 5.92 Å². The highest BCUT2D eigenvalue weighted by Gasteiger charge is 2.17. The van der Waals surface area contributed by atoms with Crippen LogP contribution >= 0.6 is 0 Å². The van der Waals surface area contributed by atoms with Crippen molar-refractivity contribution in [3.63, 3.8) is 0 Å².